The molecular weight excluding hydrogens is 407 g/mol. The highest BCUT2D eigenvalue weighted by Crippen LogP contribution is 2.29. The van der Waals surface area contributed by atoms with Crippen molar-refractivity contribution in [1.82, 2.24) is 15.5 Å². The third-order valence-electron chi connectivity index (χ3n) is 4.28. The highest BCUT2D eigenvalue weighted by molar-refractivity contribution is 6.33. The van der Waals surface area contributed by atoms with Crippen molar-refractivity contribution >= 4 is 23.3 Å². The van der Waals surface area contributed by atoms with Gasteiger partial charge in [-0.25, -0.2) is 9.18 Å². The van der Waals surface area contributed by atoms with Crippen molar-refractivity contribution in [3.8, 4) is 11.5 Å². The smallest absolute Gasteiger partial charge is 0.320 e. The number of anilines is 1. The number of carbonyl (C=O) groups excluding carboxylic acids is 1. The lowest BCUT2D eigenvalue weighted by Gasteiger charge is -2.16. The second kappa shape index (κ2) is 8.75. The highest BCUT2D eigenvalue weighted by atomic mass is 35.5. The molecule has 1 atom stereocenters. The van der Waals surface area contributed by atoms with Gasteiger partial charge in [-0.1, -0.05) is 60.1 Å². The van der Waals surface area contributed by atoms with Crippen LogP contribution in [0.15, 0.2) is 83.3 Å². The summed E-state index contributed by atoms with van der Waals surface area (Å²) in [5, 5.41) is 14.0. The Bertz CT molecular complexity index is 1170. The molecule has 0 aliphatic carbocycles. The summed E-state index contributed by atoms with van der Waals surface area (Å²) < 4.78 is 19.2. The van der Waals surface area contributed by atoms with E-state index >= 15 is 0 Å². The van der Waals surface area contributed by atoms with Gasteiger partial charge in [0.1, 0.15) is 11.9 Å². The standard InChI is InChI=1S/C22H16ClFN4O2/c23-18-12-5-4-11-17(18)20-27-28-21(30-20)19(14-7-2-1-3-8-14)26-22(29)25-16-10-6-9-15(24)13-16/h1-13,19H,(H2,25,26,29)/t19-/m0/s1. The Morgan fingerprint density at radius 1 is 0.967 bits per heavy atom. The minimum Gasteiger partial charge on any atom is -0.418 e. The molecule has 2 N–H and O–H groups in total. The predicted octanol–water partition coefficient (Wildman–Crippen LogP) is 5.44. The summed E-state index contributed by atoms with van der Waals surface area (Å²) in [6.45, 7) is 0. The van der Waals surface area contributed by atoms with Crippen LogP contribution in [0.3, 0.4) is 0 Å². The third-order valence-corrected chi connectivity index (χ3v) is 4.61. The lowest BCUT2D eigenvalue weighted by atomic mass is 10.1. The fourth-order valence-electron chi connectivity index (χ4n) is 2.89. The number of amides is 2. The second-order valence-corrected chi connectivity index (χ2v) is 6.79. The zero-order valence-corrected chi connectivity index (χ0v) is 16.3. The first-order valence-electron chi connectivity index (χ1n) is 9.06. The Balaban J connectivity index is 1.61. The minimum absolute atomic E-state index is 0.186. The topological polar surface area (TPSA) is 80.0 Å². The number of hydrogen-bond donors (Lipinski definition) is 2. The van der Waals surface area contributed by atoms with Gasteiger partial charge in [-0.15, -0.1) is 10.2 Å². The molecule has 0 aliphatic heterocycles. The molecule has 0 saturated heterocycles. The molecule has 4 rings (SSSR count). The van der Waals surface area contributed by atoms with Crippen LogP contribution in [0, 0.1) is 5.82 Å². The summed E-state index contributed by atoms with van der Waals surface area (Å²) in [5.74, 6) is -0.0249. The molecule has 0 unspecified atom stereocenters. The van der Waals surface area contributed by atoms with Crippen molar-refractivity contribution < 1.29 is 13.6 Å². The van der Waals surface area contributed by atoms with E-state index < -0.39 is 17.9 Å². The van der Waals surface area contributed by atoms with E-state index in [1.807, 2.05) is 36.4 Å². The number of rotatable bonds is 5. The van der Waals surface area contributed by atoms with Gasteiger partial charge in [0.15, 0.2) is 0 Å². The summed E-state index contributed by atoms with van der Waals surface area (Å²) in [4.78, 5) is 12.6. The third kappa shape index (κ3) is 4.47. The molecule has 0 bridgehead atoms. The lowest BCUT2D eigenvalue weighted by molar-refractivity contribution is 0.248. The van der Waals surface area contributed by atoms with Crippen LogP contribution in [0.1, 0.15) is 17.5 Å². The SMILES string of the molecule is O=C(Nc1cccc(F)c1)N[C@@H](c1ccccc1)c1nnc(-c2ccccc2Cl)o1. The van der Waals surface area contributed by atoms with E-state index in [0.29, 0.717) is 16.3 Å². The average molecular weight is 423 g/mol. The first-order valence-corrected chi connectivity index (χ1v) is 9.44. The Morgan fingerprint density at radius 2 is 1.73 bits per heavy atom. The van der Waals surface area contributed by atoms with E-state index in [9.17, 15) is 9.18 Å². The van der Waals surface area contributed by atoms with Gasteiger partial charge in [0.2, 0.25) is 11.8 Å². The van der Waals surface area contributed by atoms with Crippen molar-refractivity contribution in [3.05, 3.63) is 101 Å². The van der Waals surface area contributed by atoms with Crippen LogP contribution in [-0.2, 0) is 0 Å². The van der Waals surface area contributed by atoms with Crippen molar-refractivity contribution in [2.24, 2.45) is 0 Å². The van der Waals surface area contributed by atoms with Gasteiger partial charge in [0.25, 0.3) is 0 Å². The number of hydrogen-bond acceptors (Lipinski definition) is 4. The number of urea groups is 1. The van der Waals surface area contributed by atoms with Crippen LogP contribution < -0.4 is 10.6 Å². The van der Waals surface area contributed by atoms with Crippen molar-refractivity contribution in [1.29, 1.82) is 0 Å². The zero-order valence-electron chi connectivity index (χ0n) is 15.5. The van der Waals surface area contributed by atoms with E-state index in [2.05, 4.69) is 20.8 Å². The predicted molar refractivity (Wildman–Crippen MR) is 112 cm³/mol. The van der Waals surface area contributed by atoms with E-state index in [4.69, 9.17) is 16.0 Å². The molecule has 1 heterocycles. The van der Waals surface area contributed by atoms with E-state index in [1.165, 1.54) is 18.2 Å². The molecule has 1 aromatic heterocycles. The first kappa shape index (κ1) is 19.6. The summed E-state index contributed by atoms with van der Waals surface area (Å²) in [6.07, 6.45) is 0. The molecule has 0 aliphatic rings. The van der Waals surface area contributed by atoms with Crippen molar-refractivity contribution in [2.75, 3.05) is 5.32 Å². The number of benzene rings is 3. The molecule has 150 valence electrons. The average Bonchev–Trinajstić information content (AvgIpc) is 3.22. The van der Waals surface area contributed by atoms with Crippen LogP contribution in [0.5, 0.6) is 0 Å². The molecule has 0 spiro atoms. The van der Waals surface area contributed by atoms with Gasteiger partial charge in [-0.3, -0.25) is 0 Å². The molecule has 8 heteroatoms. The van der Waals surface area contributed by atoms with Gasteiger partial charge < -0.3 is 15.1 Å². The number of halogens is 2. The molecule has 4 aromatic rings. The van der Waals surface area contributed by atoms with E-state index in [0.717, 1.165) is 5.56 Å². The van der Waals surface area contributed by atoms with E-state index in [-0.39, 0.29) is 11.8 Å². The molecular formula is C22H16ClFN4O2. The summed E-state index contributed by atoms with van der Waals surface area (Å²) >= 11 is 6.21. The van der Waals surface area contributed by atoms with Crippen LogP contribution >= 0.6 is 11.6 Å². The summed E-state index contributed by atoms with van der Waals surface area (Å²) in [6, 6.07) is 20.6. The fourth-order valence-corrected chi connectivity index (χ4v) is 3.11. The van der Waals surface area contributed by atoms with Crippen LogP contribution in [0.2, 0.25) is 5.02 Å². The number of carbonyl (C=O) groups is 1. The Morgan fingerprint density at radius 3 is 2.50 bits per heavy atom. The Kier molecular flexibility index (Phi) is 5.72. The van der Waals surface area contributed by atoms with Crippen LogP contribution in [0.25, 0.3) is 11.5 Å². The normalized spacial score (nSPS) is 11.7. The second-order valence-electron chi connectivity index (χ2n) is 6.38. The fraction of sp³-hybridized carbons (Fsp3) is 0.0455. The van der Waals surface area contributed by atoms with Crippen LogP contribution in [-0.4, -0.2) is 16.2 Å². The number of nitrogens with one attached hydrogen (secondary N) is 2. The van der Waals surface area contributed by atoms with Gasteiger partial charge >= 0.3 is 6.03 Å². The highest BCUT2D eigenvalue weighted by Gasteiger charge is 2.24. The molecule has 3 aromatic carbocycles. The lowest BCUT2D eigenvalue weighted by Crippen LogP contribution is -2.33. The number of nitrogens with zero attached hydrogens (tertiary/aromatic N) is 2. The maximum atomic E-state index is 13.4. The van der Waals surface area contributed by atoms with Gasteiger partial charge in [0.05, 0.1) is 10.6 Å². The minimum atomic E-state index is -0.719. The first-order chi connectivity index (χ1) is 14.6. The summed E-state index contributed by atoms with van der Waals surface area (Å²) in [7, 11) is 0. The monoisotopic (exact) mass is 422 g/mol. The molecule has 0 saturated carbocycles. The molecule has 30 heavy (non-hydrogen) atoms. The number of aromatic nitrogens is 2. The summed E-state index contributed by atoms with van der Waals surface area (Å²) in [5.41, 5.74) is 1.65. The van der Waals surface area contributed by atoms with Crippen molar-refractivity contribution in [2.45, 2.75) is 6.04 Å². The zero-order chi connectivity index (χ0) is 20.9. The molecule has 2 amide bonds. The maximum Gasteiger partial charge on any atom is 0.320 e. The molecule has 6 nitrogen and oxygen atoms in total. The van der Waals surface area contributed by atoms with Gasteiger partial charge in [-0.05, 0) is 35.9 Å². The van der Waals surface area contributed by atoms with Crippen LogP contribution in [0.4, 0.5) is 14.9 Å². The quantitative estimate of drug-likeness (QED) is 0.448. The Labute approximate surface area is 176 Å². The molecule has 0 radical (unpaired) electrons. The molecule has 0 fully saturated rings. The van der Waals surface area contributed by atoms with E-state index in [1.54, 1.807) is 24.3 Å². The van der Waals surface area contributed by atoms with Gasteiger partial charge in [-0.2, -0.15) is 0 Å². The largest absolute Gasteiger partial charge is 0.418 e. The maximum absolute atomic E-state index is 13.4. The van der Waals surface area contributed by atoms with Crippen molar-refractivity contribution in [3.63, 3.8) is 0 Å². The van der Waals surface area contributed by atoms with Gasteiger partial charge in [0, 0.05) is 5.69 Å². The Hall–Kier alpha value is -3.71.